The number of likely N-dealkylation sites (tertiary alicyclic amines) is 1. The number of hydrogen-bond acceptors (Lipinski definition) is 2. The van der Waals surface area contributed by atoms with Crippen molar-refractivity contribution in [2.45, 2.75) is 50.9 Å². The quantitative estimate of drug-likeness (QED) is 0.608. The van der Waals surface area contributed by atoms with Gasteiger partial charge in [0.1, 0.15) is 7.85 Å². The van der Waals surface area contributed by atoms with Crippen molar-refractivity contribution < 1.29 is 4.74 Å². The van der Waals surface area contributed by atoms with Crippen LogP contribution in [0.2, 0.25) is 5.31 Å². The molecule has 0 radical (unpaired) electrons. The van der Waals surface area contributed by atoms with E-state index in [0.29, 0.717) is 16.3 Å². The molecule has 2 aliphatic heterocycles. The Kier molecular flexibility index (Phi) is 2.71. The molecule has 18 heavy (non-hydrogen) atoms. The molecule has 1 spiro atoms. The summed E-state index contributed by atoms with van der Waals surface area (Å²) >= 11 is 0. The van der Waals surface area contributed by atoms with Gasteiger partial charge in [0.15, 0.2) is 0 Å². The third kappa shape index (κ3) is 1.44. The molecule has 0 aromatic heterocycles. The highest BCUT2D eigenvalue weighted by Gasteiger charge is 2.60. The molecule has 2 heterocycles. The van der Waals surface area contributed by atoms with Crippen molar-refractivity contribution in [2.24, 2.45) is 17.3 Å². The van der Waals surface area contributed by atoms with E-state index in [4.69, 9.17) is 4.74 Å². The summed E-state index contributed by atoms with van der Waals surface area (Å²) in [4.78, 5) is 2.60. The second kappa shape index (κ2) is 3.76. The first-order chi connectivity index (χ1) is 8.31. The molecule has 1 saturated carbocycles. The van der Waals surface area contributed by atoms with Gasteiger partial charge in [-0.2, -0.15) is 0 Å². The van der Waals surface area contributed by atoms with Crippen molar-refractivity contribution in [1.29, 1.82) is 0 Å². The highest BCUT2D eigenvalue weighted by atomic mass is 16.5. The van der Waals surface area contributed by atoms with Crippen LogP contribution in [0.1, 0.15) is 40.0 Å². The molecule has 0 N–H and O–H groups in total. The molecule has 3 unspecified atom stereocenters. The Balaban J connectivity index is 1.94. The van der Waals surface area contributed by atoms with Gasteiger partial charge in [-0.05, 0) is 43.7 Å². The van der Waals surface area contributed by atoms with Crippen molar-refractivity contribution >= 4 is 7.85 Å². The number of fused-ring (bicyclic) bond motifs is 2. The van der Waals surface area contributed by atoms with E-state index < -0.39 is 0 Å². The summed E-state index contributed by atoms with van der Waals surface area (Å²) in [6.07, 6.45) is 4.14. The standard InChI is InChI=1S/C15H28BNO/c1-13(2)11-6-8-17(4)15(9-18-10-15)12(11)5-7-14(13,3)16/h11-12H,5-10,16H2,1-4H3. The average Bonchev–Trinajstić information content (AvgIpc) is 2.21. The molecular formula is C15H28BNO. The maximum Gasteiger partial charge on any atom is 0.109 e. The van der Waals surface area contributed by atoms with Gasteiger partial charge < -0.3 is 4.74 Å². The molecule has 2 saturated heterocycles. The second-order valence-corrected chi connectivity index (χ2v) is 8.16. The number of hydrogen-bond donors (Lipinski definition) is 0. The summed E-state index contributed by atoms with van der Waals surface area (Å²) in [6.45, 7) is 10.7. The van der Waals surface area contributed by atoms with E-state index >= 15 is 0 Å². The van der Waals surface area contributed by atoms with Crippen molar-refractivity contribution in [1.82, 2.24) is 4.90 Å². The minimum atomic E-state index is 0.386. The van der Waals surface area contributed by atoms with E-state index in [0.717, 1.165) is 25.0 Å². The van der Waals surface area contributed by atoms with Gasteiger partial charge in [-0.3, -0.25) is 4.90 Å². The normalized spacial score (nSPS) is 46.4. The van der Waals surface area contributed by atoms with E-state index in [2.05, 4.69) is 40.6 Å². The lowest BCUT2D eigenvalue weighted by atomic mass is 9.41. The number of nitrogens with zero attached hydrogens (tertiary/aromatic N) is 1. The first-order valence-electron chi connectivity index (χ1n) is 7.60. The molecule has 3 atom stereocenters. The van der Waals surface area contributed by atoms with E-state index in [1.54, 1.807) is 0 Å². The topological polar surface area (TPSA) is 12.5 Å². The van der Waals surface area contributed by atoms with Crippen LogP contribution in [-0.4, -0.2) is 45.1 Å². The minimum absolute atomic E-state index is 0.386. The van der Waals surface area contributed by atoms with Crippen LogP contribution in [0, 0.1) is 17.3 Å². The highest BCUT2D eigenvalue weighted by molar-refractivity contribution is 6.15. The Morgan fingerprint density at radius 3 is 2.33 bits per heavy atom. The van der Waals surface area contributed by atoms with Gasteiger partial charge in [-0.25, -0.2) is 0 Å². The van der Waals surface area contributed by atoms with Crippen LogP contribution in [0.15, 0.2) is 0 Å². The van der Waals surface area contributed by atoms with E-state index in [1.165, 1.54) is 25.8 Å². The van der Waals surface area contributed by atoms with Crippen LogP contribution in [-0.2, 0) is 4.74 Å². The minimum Gasteiger partial charge on any atom is -0.377 e. The molecule has 3 heteroatoms. The lowest BCUT2D eigenvalue weighted by molar-refractivity contribution is -0.214. The second-order valence-electron chi connectivity index (χ2n) is 8.16. The number of ether oxygens (including phenoxy) is 1. The molecule has 2 nitrogen and oxygen atoms in total. The Morgan fingerprint density at radius 1 is 1.11 bits per heavy atom. The van der Waals surface area contributed by atoms with Crippen LogP contribution >= 0.6 is 0 Å². The molecule has 0 aromatic carbocycles. The molecule has 0 amide bonds. The summed E-state index contributed by atoms with van der Waals surface area (Å²) in [6, 6.07) is 0. The molecular weight excluding hydrogens is 221 g/mol. The molecule has 0 bridgehead atoms. The van der Waals surface area contributed by atoms with Crippen molar-refractivity contribution in [3.05, 3.63) is 0 Å². The third-order valence-corrected chi connectivity index (χ3v) is 7.17. The maximum atomic E-state index is 5.61. The smallest absolute Gasteiger partial charge is 0.109 e. The molecule has 3 rings (SSSR count). The molecule has 102 valence electrons. The first-order valence-corrected chi connectivity index (χ1v) is 7.60. The summed E-state index contributed by atoms with van der Waals surface area (Å²) in [5, 5.41) is 0.482. The zero-order chi connectivity index (χ0) is 13.2. The van der Waals surface area contributed by atoms with Crippen LogP contribution in [0.25, 0.3) is 0 Å². The molecule has 3 fully saturated rings. The van der Waals surface area contributed by atoms with Crippen molar-refractivity contribution in [3.8, 4) is 0 Å². The number of rotatable bonds is 0. The average molecular weight is 249 g/mol. The zero-order valence-corrected chi connectivity index (χ0v) is 12.8. The Labute approximate surface area is 113 Å². The zero-order valence-electron chi connectivity index (χ0n) is 12.8. The van der Waals surface area contributed by atoms with Crippen LogP contribution in [0.4, 0.5) is 0 Å². The van der Waals surface area contributed by atoms with Crippen molar-refractivity contribution in [3.63, 3.8) is 0 Å². The number of likely N-dealkylation sites (N-methyl/N-ethyl adjacent to an activating group) is 1. The summed E-state index contributed by atoms with van der Waals surface area (Å²) < 4.78 is 5.61. The van der Waals surface area contributed by atoms with Crippen LogP contribution < -0.4 is 0 Å². The van der Waals surface area contributed by atoms with Gasteiger partial charge in [-0.1, -0.05) is 32.5 Å². The fourth-order valence-electron chi connectivity index (χ4n) is 4.83. The Morgan fingerprint density at radius 2 is 1.78 bits per heavy atom. The number of piperidine rings is 1. The van der Waals surface area contributed by atoms with Gasteiger partial charge in [0.2, 0.25) is 0 Å². The van der Waals surface area contributed by atoms with Gasteiger partial charge in [0, 0.05) is 0 Å². The van der Waals surface area contributed by atoms with Gasteiger partial charge in [-0.15, -0.1) is 0 Å². The molecule has 1 aliphatic carbocycles. The van der Waals surface area contributed by atoms with Gasteiger partial charge in [0.25, 0.3) is 0 Å². The monoisotopic (exact) mass is 249 g/mol. The fourth-order valence-corrected chi connectivity index (χ4v) is 4.83. The van der Waals surface area contributed by atoms with E-state index in [-0.39, 0.29) is 0 Å². The van der Waals surface area contributed by atoms with Crippen LogP contribution in [0.3, 0.4) is 0 Å². The predicted molar refractivity (Wildman–Crippen MR) is 77.7 cm³/mol. The van der Waals surface area contributed by atoms with Gasteiger partial charge >= 0.3 is 0 Å². The van der Waals surface area contributed by atoms with Crippen LogP contribution in [0.5, 0.6) is 0 Å². The molecule has 0 aromatic rings. The van der Waals surface area contributed by atoms with E-state index in [9.17, 15) is 0 Å². The van der Waals surface area contributed by atoms with Crippen molar-refractivity contribution in [2.75, 3.05) is 26.8 Å². The SMILES string of the molecule is BC1(C)CCC2C(CCN(C)C23COC3)C1(C)C. The predicted octanol–water partition coefficient (Wildman–Crippen LogP) is 1.95. The summed E-state index contributed by atoms with van der Waals surface area (Å²) in [7, 11) is 4.79. The molecule has 3 aliphatic rings. The lowest BCUT2D eigenvalue weighted by Gasteiger charge is -2.66. The third-order valence-electron chi connectivity index (χ3n) is 7.17. The highest BCUT2D eigenvalue weighted by Crippen LogP contribution is 2.63. The Hall–Kier alpha value is -0.0151. The summed E-state index contributed by atoms with van der Waals surface area (Å²) in [5.41, 5.74) is 0.844. The fraction of sp³-hybridized carbons (Fsp3) is 1.00. The largest absolute Gasteiger partial charge is 0.377 e. The first kappa shape index (κ1) is 13.0. The maximum absolute atomic E-state index is 5.61. The van der Waals surface area contributed by atoms with E-state index in [1.807, 2.05) is 0 Å². The van der Waals surface area contributed by atoms with Gasteiger partial charge in [0.05, 0.1) is 18.8 Å². The Bertz CT molecular complexity index is 346. The summed E-state index contributed by atoms with van der Waals surface area (Å²) in [5.74, 6) is 1.73. The lowest BCUT2D eigenvalue weighted by Crippen LogP contribution is -2.71.